The van der Waals surface area contributed by atoms with E-state index in [2.05, 4.69) is 30.4 Å². The molecule has 28 heavy (non-hydrogen) atoms. The maximum Gasteiger partial charge on any atom is 0.272 e. The molecular weight excluding hydrogens is 386 g/mol. The monoisotopic (exact) mass is 405 g/mol. The lowest BCUT2D eigenvalue weighted by molar-refractivity contribution is 0.0956. The molecule has 0 unspecified atom stereocenters. The lowest BCUT2D eigenvalue weighted by Gasteiger charge is -2.08. The first kappa shape index (κ1) is 18.5. The molecule has 0 saturated heterocycles. The standard InChI is InChI=1S/C22H19N3OS2/c1-13-8-10-20(27-13)15(3)24-25-22(26)17-12-19(21-11-9-14(2)28-21)23-18-7-5-4-6-16(17)18/h4-12H,1-3H3,(H,25,26). The molecule has 0 saturated carbocycles. The van der Waals surface area contributed by atoms with E-state index in [1.54, 1.807) is 22.7 Å². The molecule has 140 valence electrons. The van der Waals surface area contributed by atoms with Crippen LogP contribution in [0.5, 0.6) is 0 Å². The van der Waals surface area contributed by atoms with Crippen molar-refractivity contribution in [3.8, 4) is 10.6 Å². The Morgan fingerprint density at radius 3 is 2.46 bits per heavy atom. The van der Waals surface area contributed by atoms with Crippen LogP contribution in [-0.2, 0) is 0 Å². The third kappa shape index (κ3) is 3.74. The summed E-state index contributed by atoms with van der Waals surface area (Å²) in [6, 6.07) is 17.7. The molecule has 1 amide bonds. The van der Waals surface area contributed by atoms with E-state index in [-0.39, 0.29) is 5.91 Å². The van der Waals surface area contributed by atoms with Crippen LogP contribution in [0.15, 0.2) is 59.7 Å². The van der Waals surface area contributed by atoms with Crippen molar-refractivity contribution in [1.82, 2.24) is 10.4 Å². The predicted molar refractivity (Wildman–Crippen MR) is 119 cm³/mol. The van der Waals surface area contributed by atoms with E-state index in [0.717, 1.165) is 32.1 Å². The first-order chi connectivity index (χ1) is 13.5. The number of hydrogen-bond donors (Lipinski definition) is 1. The maximum absolute atomic E-state index is 12.9. The topological polar surface area (TPSA) is 54.4 Å². The van der Waals surface area contributed by atoms with Crippen molar-refractivity contribution in [3.63, 3.8) is 0 Å². The van der Waals surface area contributed by atoms with Gasteiger partial charge in [0.15, 0.2) is 0 Å². The predicted octanol–water partition coefficient (Wildman–Crippen LogP) is 5.80. The average Bonchev–Trinajstić information content (AvgIpc) is 3.33. The number of benzene rings is 1. The number of amides is 1. The summed E-state index contributed by atoms with van der Waals surface area (Å²) in [5.41, 5.74) is 5.68. The molecule has 3 aromatic heterocycles. The average molecular weight is 406 g/mol. The van der Waals surface area contributed by atoms with Crippen LogP contribution in [0.4, 0.5) is 0 Å². The number of nitrogens with one attached hydrogen (secondary N) is 1. The van der Waals surface area contributed by atoms with Crippen molar-refractivity contribution in [2.24, 2.45) is 5.10 Å². The minimum Gasteiger partial charge on any atom is -0.267 e. The fraction of sp³-hybridized carbons (Fsp3) is 0.136. The van der Waals surface area contributed by atoms with Gasteiger partial charge in [-0.25, -0.2) is 10.4 Å². The molecule has 0 radical (unpaired) electrons. The molecule has 6 heteroatoms. The lowest BCUT2D eigenvalue weighted by atomic mass is 10.1. The Balaban J connectivity index is 1.71. The number of hydrazone groups is 1. The second kappa shape index (κ2) is 7.66. The number of pyridine rings is 1. The molecule has 4 rings (SSSR count). The summed E-state index contributed by atoms with van der Waals surface area (Å²) >= 11 is 3.32. The molecule has 0 fully saturated rings. The highest BCUT2D eigenvalue weighted by molar-refractivity contribution is 7.15. The Bertz CT molecular complexity index is 1200. The van der Waals surface area contributed by atoms with Crippen LogP contribution in [0.1, 0.15) is 31.9 Å². The fourth-order valence-electron chi connectivity index (χ4n) is 2.94. The highest BCUT2D eigenvalue weighted by Crippen LogP contribution is 2.29. The zero-order valence-corrected chi connectivity index (χ0v) is 17.4. The third-order valence-corrected chi connectivity index (χ3v) is 6.51. The van der Waals surface area contributed by atoms with Crippen LogP contribution in [0.2, 0.25) is 0 Å². The van der Waals surface area contributed by atoms with Crippen molar-refractivity contribution < 1.29 is 4.79 Å². The van der Waals surface area contributed by atoms with Crippen molar-refractivity contribution in [1.29, 1.82) is 0 Å². The van der Waals surface area contributed by atoms with Crippen LogP contribution >= 0.6 is 22.7 Å². The normalized spacial score (nSPS) is 11.8. The number of thiophene rings is 2. The maximum atomic E-state index is 12.9. The highest BCUT2D eigenvalue weighted by Gasteiger charge is 2.14. The van der Waals surface area contributed by atoms with Gasteiger partial charge in [-0.3, -0.25) is 4.79 Å². The fourth-order valence-corrected chi connectivity index (χ4v) is 4.58. The Morgan fingerprint density at radius 2 is 1.75 bits per heavy atom. The summed E-state index contributed by atoms with van der Waals surface area (Å²) in [6.45, 7) is 6.01. The summed E-state index contributed by atoms with van der Waals surface area (Å²) in [5, 5.41) is 5.12. The number of aryl methyl sites for hydroxylation is 2. The van der Waals surface area contributed by atoms with Crippen molar-refractivity contribution in [2.75, 3.05) is 0 Å². The van der Waals surface area contributed by atoms with E-state index in [0.29, 0.717) is 5.56 Å². The summed E-state index contributed by atoms with van der Waals surface area (Å²) in [6.07, 6.45) is 0. The zero-order chi connectivity index (χ0) is 19.7. The number of para-hydroxylation sites is 1. The van der Waals surface area contributed by atoms with Gasteiger partial charge in [0.25, 0.3) is 5.91 Å². The number of nitrogens with zero attached hydrogens (tertiary/aromatic N) is 2. The van der Waals surface area contributed by atoms with Gasteiger partial charge >= 0.3 is 0 Å². The van der Waals surface area contributed by atoms with Gasteiger partial charge < -0.3 is 0 Å². The molecule has 0 aliphatic heterocycles. The van der Waals surface area contributed by atoms with Gasteiger partial charge in [-0.1, -0.05) is 18.2 Å². The van der Waals surface area contributed by atoms with Crippen molar-refractivity contribution in [3.05, 3.63) is 74.8 Å². The van der Waals surface area contributed by atoms with Gasteiger partial charge in [0, 0.05) is 15.1 Å². The first-order valence-corrected chi connectivity index (χ1v) is 10.5. The van der Waals surface area contributed by atoms with Crippen molar-refractivity contribution >= 4 is 45.2 Å². The van der Waals surface area contributed by atoms with Gasteiger partial charge in [0.1, 0.15) is 0 Å². The van der Waals surface area contributed by atoms with Crippen LogP contribution < -0.4 is 5.43 Å². The smallest absolute Gasteiger partial charge is 0.267 e. The van der Waals surface area contributed by atoms with E-state index in [1.807, 2.05) is 55.5 Å². The molecule has 1 aromatic carbocycles. The number of rotatable bonds is 4. The molecule has 3 heterocycles. The zero-order valence-electron chi connectivity index (χ0n) is 15.8. The van der Waals surface area contributed by atoms with Gasteiger partial charge in [0.2, 0.25) is 0 Å². The van der Waals surface area contributed by atoms with E-state index in [4.69, 9.17) is 4.98 Å². The molecule has 4 aromatic rings. The molecule has 4 nitrogen and oxygen atoms in total. The summed E-state index contributed by atoms with van der Waals surface area (Å²) < 4.78 is 0. The van der Waals surface area contributed by atoms with Gasteiger partial charge in [-0.2, -0.15) is 5.10 Å². The second-order valence-electron chi connectivity index (χ2n) is 6.53. The minimum atomic E-state index is -0.235. The third-order valence-electron chi connectivity index (χ3n) is 4.38. The number of fused-ring (bicyclic) bond motifs is 1. The molecule has 1 N–H and O–H groups in total. The lowest BCUT2D eigenvalue weighted by Crippen LogP contribution is -2.19. The summed E-state index contributed by atoms with van der Waals surface area (Å²) in [7, 11) is 0. The van der Waals surface area contributed by atoms with Gasteiger partial charge in [0.05, 0.1) is 32.2 Å². The Hall–Kier alpha value is -2.83. The SMILES string of the molecule is CC(=NNC(=O)c1cc(-c2ccc(C)s2)nc2ccccc12)c1ccc(C)s1. The van der Waals surface area contributed by atoms with E-state index >= 15 is 0 Å². The molecule has 0 aliphatic carbocycles. The van der Waals surface area contributed by atoms with E-state index < -0.39 is 0 Å². The quantitative estimate of drug-likeness (QED) is 0.345. The van der Waals surface area contributed by atoms with Crippen LogP contribution in [0, 0.1) is 13.8 Å². The van der Waals surface area contributed by atoms with Crippen LogP contribution in [-0.4, -0.2) is 16.6 Å². The number of carbonyl (C=O) groups excluding carboxylic acids is 1. The summed E-state index contributed by atoms with van der Waals surface area (Å²) in [5.74, 6) is -0.235. The molecule has 0 aliphatic rings. The molecular formula is C22H19N3OS2. The summed E-state index contributed by atoms with van der Waals surface area (Å²) in [4.78, 5) is 22.2. The number of hydrogen-bond acceptors (Lipinski definition) is 5. The molecule has 0 atom stereocenters. The van der Waals surface area contributed by atoms with E-state index in [9.17, 15) is 4.79 Å². The van der Waals surface area contributed by atoms with Gasteiger partial charge in [-0.05, 0) is 57.2 Å². The Kier molecular flexibility index (Phi) is 5.07. The van der Waals surface area contributed by atoms with Gasteiger partial charge in [-0.15, -0.1) is 22.7 Å². The minimum absolute atomic E-state index is 0.235. The molecule has 0 bridgehead atoms. The van der Waals surface area contributed by atoms with Crippen molar-refractivity contribution in [2.45, 2.75) is 20.8 Å². The number of carbonyl (C=O) groups is 1. The van der Waals surface area contributed by atoms with E-state index in [1.165, 1.54) is 9.75 Å². The Morgan fingerprint density at radius 1 is 1.00 bits per heavy atom. The Labute approximate surface area is 171 Å². The largest absolute Gasteiger partial charge is 0.272 e. The molecule has 0 spiro atoms. The highest BCUT2D eigenvalue weighted by atomic mass is 32.1. The number of aromatic nitrogens is 1. The first-order valence-electron chi connectivity index (χ1n) is 8.89. The van der Waals surface area contributed by atoms with Crippen LogP contribution in [0.25, 0.3) is 21.5 Å². The second-order valence-corrected chi connectivity index (χ2v) is 9.11. The van der Waals surface area contributed by atoms with Crippen LogP contribution in [0.3, 0.4) is 0 Å².